The fraction of sp³-hybridized carbons (Fsp3) is 0.0667. The van der Waals surface area contributed by atoms with E-state index in [-0.39, 0.29) is 0 Å². The Morgan fingerprint density at radius 1 is 0.913 bits per heavy atom. The monoisotopic (exact) mass is 342 g/mol. The number of benzene rings is 2. The predicted octanol–water partition coefficient (Wildman–Crippen LogP) is 3.64. The van der Waals surface area contributed by atoms with Crippen LogP contribution in [0.4, 0.5) is 24.5 Å². The van der Waals surface area contributed by atoms with E-state index in [1.54, 1.807) is 13.0 Å². The van der Waals surface area contributed by atoms with Crippen molar-refractivity contribution in [2.24, 2.45) is 0 Å². The van der Waals surface area contributed by atoms with Crippen LogP contribution in [0.5, 0.6) is 0 Å². The lowest BCUT2D eigenvalue weighted by Crippen LogP contribution is -2.29. The Bertz CT molecular complexity index is 797. The van der Waals surface area contributed by atoms with Gasteiger partial charge in [0.25, 0.3) is 0 Å². The molecule has 0 bridgehead atoms. The van der Waals surface area contributed by atoms with Gasteiger partial charge in [-0.1, -0.05) is 11.6 Å². The fourth-order valence-electron chi connectivity index (χ4n) is 1.75. The standard InChI is InChI=1S/C15H10ClF3N2O2/c1-7-6-8(16)2-4-10(7)20-14(22)15(23)21-11-5-3-9(17)12(18)13(11)19/h2-6H,1H3,(H,20,22)(H,21,23). The van der Waals surface area contributed by atoms with E-state index in [1.807, 2.05) is 5.32 Å². The van der Waals surface area contributed by atoms with Crippen LogP contribution in [0.2, 0.25) is 5.02 Å². The second kappa shape index (κ2) is 6.70. The third-order valence-corrected chi connectivity index (χ3v) is 3.16. The number of carbonyl (C=O) groups is 2. The number of rotatable bonds is 2. The van der Waals surface area contributed by atoms with Gasteiger partial charge in [-0.05, 0) is 42.8 Å². The molecule has 0 aliphatic carbocycles. The van der Waals surface area contributed by atoms with Crippen LogP contribution in [0.1, 0.15) is 5.56 Å². The molecule has 23 heavy (non-hydrogen) atoms. The zero-order valence-corrected chi connectivity index (χ0v) is 12.5. The summed E-state index contributed by atoms with van der Waals surface area (Å²) in [6, 6.07) is 6.02. The van der Waals surface area contributed by atoms with Crippen LogP contribution in [-0.4, -0.2) is 11.8 Å². The molecule has 0 atom stereocenters. The molecule has 0 saturated carbocycles. The summed E-state index contributed by atoms with van der Waals surface area (Å²) in [4.78, 5) is 23.5. The van der Waals surface area contributed by atoms with Crippen LogP contribution in [0.15, 0.2) is 30.3 Å². The molecule has 2 aromatic rings. The highest BCUT2D eigenvalue weighted by molar-refractivity contribution is 6.43. The Hall–Kier alpha value is -2.54. The summed E-state index contributed by atoms with van der Waals surface area (Å²) in [5.74, 6) is -7.06. The van der Waals surface area contributed by atoms with Crippen molar-refractivity contribution in [3.63, 3.8) is 0 Å². The zero-order chi connectivity index (χ0) is 17.1. The lowest BCUT2D eigenvalue weighted by atomic mass is 10.2. The van der Waals surface area contributed by atoms with Crippen molar-refractivity contribution in [3.8, 4) is 0 Å². The van der Waals surface area contributed by atoms with E-state index in [4.69, 9.17) is 11.6 Å². The Labute approximate surface area is 134 Å². The van der Waals surface area contributed by atoms with Gasteiger partial charge in [-0.25, -0.2) is 13.2 Å². The van der Waals surface area contributed by atoms with Gasteiger partial charge < -0.3 is 10.6 Å². The minimum atomic E-state index is -1.74. The molecule has 0 aromatic heterocycles. The van der Waals surface area contributed by atoms with Crippen molar-refractivity contribution in [2.45, 2.75) is 6.92 Å². The maximum Gasteiger partial charge on any atom is 0.314 e. The number of hydrogen-bond acceptors (Lipinski definition) is 2. The molecular formula is C15H10ClF3N2O2. The summed E-state index contributed by atoms with van der Waals surface area (Å²) in [5.41, 5.74) is 0.301. The molecule has 2 aromatic carbocycles. The van der Waals surface area contributed by atoms with E-state index in [0.29, 0.717) is 22.3 Å². The minimum Gasteiger partial charge on any atom is -0.318 e. The maximum atomic E-state index is 13.4. The van der Waals surface area contributed by atoms with Gasteiger partial charge in [-0.3, -0.25) is 9.59 Å². The van der Waals surface area contributed by atoms with Gasteiger partial charge in [0.15, 0.2) is 17.5 Å². The third-order valence-electron chi connectivity index (χ3n) is 2.93. The van der Waals surface area contributed by atoms with Gasteiger partial charge >= 0.3 is 11.8 Å². The fourth-order valence-corrected chi connectivity index (χ4v) is 1.97. The largest absolute Gasteiger partial charge is 0.318 e. The molecular weight excluding hydrogens is 333 g/mol. The molecule has 0 fully saturated rings. The second-order valence-corrected chi connectivity index (χ2v) is 5.03. The highest BCUT2D eigenvalue weighted by Gasteiger charge is 2.19. The molecule has 2 amide bonds. The van der Waals surface area contributed by atoms with E-state index in [2.05, 4.69) is 5.32 Å². The van der Waals surface area contributed by atoms with Crippen molar-refractivity contribution < 1.29 is 22.8 Å². The molecule has 0 unspecified atom stereocenters. The normalized spacial score (nSPS) is 10.3. The Morgan fingerprint density at radius 3 is 2.09 bits per heavy atom. The highest BCUT2D eigenvalue weighted by atomic mass is 35.5. The first-order valence-corrected chi connectivity index (χ1v) is 6.69. The van der Waals surface area contributed by atoms with Crippen LogP contribution in [0.25, 0.3) is 0 Å². The number of aryl methyl sites for hydroxylation is 1. The summed E-state index contributed by atoms with van der Waals surface area (Å²) < 4.78 is 39.3. The first kappa shape index (κ1) is 16.8. The first-order chi connectivity index (χ1) is 10.8. The molecule has 4 nitrogen and oxygen atoms in total. The molecule has 2 N–H and O–H groups in total. The molecule has 0 aliphatic heterocycles. The SMILES string of the molecule is Cc1cc(Cl)ccc1NC(=O)C(=O)Nc1ccc(F)c(F)c1F. The average molecular weight is 343 g/mol. The van der Waals surface area contributed by atoms with E-state index >= 15 is 0 Å². The van der Waals surface area contributed by atoms with Crippen LogP contribution in [0.3, 0.4) is 0 Å². The molecule has 8 heteroatoms. The van der Waals surface area contributed by atoms with Crippen molar-refractivity contribution >= 4 is 34.8 Å². The number of carbonyl (C=O) groups excluding carboxylic acids is 2. The molecule has 0 heterocycles. The van der Waals surface area contributed by atoms with Crippen molar-refractivity contribution in [3.05, 3.63) is 58.4 Å². The Morgan fingerprint density at radius 2 is 1.48 bits per heavy atom. The van der Waals surface area contributed by atoms with E-state index in [0.717, 1.165) is 6.07 Å². The van der Waals surface area contributed by atoms with E-state index < -0.39 is 35.0 Å². The summed E-state index contributed by atoms with van der Waals surface area (Å²) >= 11 is 5.77. The topological polar surface area (TPSA) is 58.2 Å². The molecule has 0 spiro atoms. The highest BCUT2D eigenvalue weighted by Crippen LogP contribution is 2.21. The summed E-state index contributed by atoms with van der Waals surface area (Å²) in [6.45, 7) is 1.66. The van der Waals surface area contributed by atoms with E-state index in [1.165, 1.54) is 12.1 Å². The Kier molecular flexibility index (Phi) is 4.90. The summed E-state index contributed by atoms with van der Waals surface area (Å²) in [5, 5.41) is 4.63. The van der Waals surface area contributed by atoms with Crippen molar-refractivity contribution in [1.82, 2.24) is 0 Å². The Balaban J connectivity index is 2.12. The predicted molar refractivity (Wildman–Crippen MR) is 79.8 cm³/mol. The lowest BCUT2D eigenvalue weighted by molar-refractivity contribution is -0.133. The third kappa shape index (κ3) is 3.81. The van der Waals surface area contributed by atoms with Gasteiger partial charge in [0.05, 0.1) is 5.69 Å². The molecule has 0 aliphatic rings. The van der Waals surface area contributed by atoms with Crippen LogP contribution < -0.4 is 10.6 Å². The zero-order valence-electron chi connectivity index (χ0n) is 11.7. The lowest BCUT2D eigenvalue weighted by Gasteiger charge is -2.10. The molecule has 0 radical (unpaired) electrons. The van der Waals surface area contributed by atoms with Crippen LogP contribution >= 0.6 is 11.6 Å². The molecule has 120 valence electrons. The van der Waals surface area contributed by atoms with Crippen molar-refractivity contribution in [1.29, 1.82) is 0 Å². The number of hydrogen-bond donors (Lipinski definition) is 2. The first-order valence-electron chi connectivity index (χ1n) is 6.31. The van der Waals surface area contributed by atoms with Gasteiger partial charge in [-0.2, -0.15) is 0 Å². The second-order valence-electron chi connectivity index (χ2n) is 4.59. The smallest absolute Gasteiger partial charge is 0.314 e. The van der Waals surface area contributed by atoms with E-state index in [9.17, 15) is 22.8 Å². The van der Waals surface area contributed by atoms with Crippen LogP contribution in [-0.2, 0) is 9.59 Å². The van der Waals surface area contributed by atoms with Gasteiger partial charge in [0.2, 0.25) is 0 Å². The van der Waals surface area contributed by atoms with Gasteiger partial charge in [0, 0.05) is 10.7 Å². The molecule has 0 saturated heterocycles. The summed E-state index contributed by atoms with van der Waals surface area (Å²) in [6.07, 6.45) is 0. The molecule has 2 rings (SSSR count). The minimum absolute atomic E-state index is 0.334. The average Bonchev–Trinajstić information content (AvgIpc) is 2.50. The number of nitrogens with one attached hydrogen (secondary N) is 2. The van der Waals surface area contributed by atoms with Gasteiger partial charge in [-0.15, -0.1) is 0 Å². The quantitative estimate of drug-likeness (QED) is 0.646. The van der Waals surface area contributed by atoms with Gasteiger partial charge in [0.1, 0.15) is 0 Å². The maximum absolute atomic E-state index is 13.4. The van der Waals surface area contributed by atoms with Crippen LogP contribution in [0, 0.1) is 24.4 Å². The summed E-state index contributed by atoms with van der Waals surface area (Å²) in [7, 11) is 0. The number of halogens is 4. The number of anilines is 2. The van der Waals surface area contributed by atoms with Crippen molar-refractivity contribution in [2.75, 3.05) is 10.6 Å². The number of amides is 2.